The van der Waals surface area contributed by atoms with Gasteiger partial charge in [0, 0.05) is 16.2 Å². The van der Waals surface area contributed by atoms with Gasteiger partial charge in [0.05, 0.1) is 7.11 Å². The molecule has 1 N–H and O–H groups in total. The van der Waals surface area contributed by atoms with E-state index in [0.29, 0.717) is 5.69 Å². The summed E-state index contributed by atoms with van der Waals surface area (Å²) in [6.07, 6.45) is 1.99. The zero-order valence-corrected chi connectivity index (χ0v) is 15.4. The van der Waals surface area contributed by atoms with Crippen LogP contribution in [0.1, 0.15) is 12.5 Å². The minimum atomic E-state index is -0.906. The number of amides is 1. The fourth-order valence-corrected chi connectivity index (χ4v) is 2.19. The van der Waals surface area contributed by atoms with Crippen LogP contribution in [0.15, 0.2) is 59.1 Å². The van der Waals surface area contributed by atoms with E-state index in [4.69, 9.17) is 9.47 Å². The van der Waals surface area contributed by atoms with Crippen molar-refractivity contribution in [2.75, 3.05) is 12.4 Å². The summed E-state index contributed by atoms with van der Waals surface area (Å²) in [7, 11) is 1.59. The molecule has 25 heavy (non-hydrogen) atoms. The standard InChI is InChI=1S/C19H18BrNO4/c1-13(19(23)21-16-8-6-15(20)7-9-16)25-18(22)12-5-14-3-10-17(24-2)11-4-14/h3-13H,1-2H3,(H,21,23). The first-order valence-corrected chi connectivity index (χ1v) is 8.36. The Bertz CT molecular complexity index is 754. The van der Waals surface area contributed by atoms with Gasteiger partial charge in [-0.1, -0.05) is 28.1 Å². The van der Waals surface area contributed by atoms with Gasteiger partial charge in [-0.05, 0) is 55.0 Å². The van der Waals surface area contributed by atoms with Crippen LogP contribution in [0.25, 0.3) is 6.08 Å². The van der Waals surface area contributed by atoms with Gasteiger partial charge in [0.1, 0.15) is 5.75 Å². The van der Waals surface area contributed by atoms with E-state index < -0.39 is 18.0 Å². The number of hydrogen-bond acceptors (Lipinski definition) is 4. The third kappa shape index (κ3) is 6.08. The fraction of sp³-hybridized carbons (Fsp3) is 0.158. The van der Waals surface area contributed by atoms with Crippen molar-refractivity contribution in [1.29, 1.82) is 0 Å². The van der Waals surface area contributed by atoms with Gasteiger partial charge in [0.25, 0.3) is 5.91 Å². The second-order valence-corrected chi connectivity index (χ2v) is 6.10. The lowest BCUT2D eigenvalue weighted by atomic mass is 10.2. The van der Waals surface area contributed by atoms with Crippen LogP contribution in [0.3, 0.4) is 0 Å². The molecule has 0 saturated heterocycles. The van der Waals surface area contributed by atoms with Crippen molar-refractivity contribution in [1.82, 2.24) is 0 Å². The van der Waals surface area contributed by atoms with Crippen LogP contribution in [0.5, 0.6) is 5.75 Å². The second-order valence-electron chi connectivity index (χ2n) is 5.18. The van der Waals surface area contributed by atoms with E-state index in [1.807, 2.05) is 24.3 Å². The molecule has 1 unspecified atom stereocenters. The number of benzene rings is 2. The van der Waals surface area contributed by atoms with E-state index in [1.165, 1.54) is 13.0 Å². The molecule has 0 bridgehead atoms. The molecule has 0 aromatic heterocycles. The molecule has 0 aliphatic heterocycles. The van der Waals surface area contributed by atoms with Gasteiger partial charge in [-0.25, -0.2) is 4.79 Å². The number of esters is 1. The van der Waals surface area contributed by atoms with E-state index in [2.05, 4.69) is 21.2 Å². The molecule has 0 aliphatic carbocycles. The van der Waals surface area contributed by atoms with Crippen LogP contribution in [0.2, 0.25) is 0 Å². The van der Waals surface area contributed by atoms with Crippen molar-refractivity contribution >= 4 is 39.6 Å². The van der Waals surface area contributed by atoms with Crippen LogP contribution in [-0.4, -0.2) is 25.1 Å². The molecule has 130 valence electrons. The van der Waals surface area contributed by atoms with Crippen LogP contribution < -0.4 is 10.1 Å². The molecule has 0 fully saturated rings. The Morgan fingerprint density at radius 1 is 1.08 bits per heavy atom. The minimum Gasteiger partial charge on any atom is -0.497 e. The first-order valence-electron chi connectivity index (χ1n) is 7.57. The molecule has 1 atom stereocenters. The number of carbonyl (C=O) groups is 2. The third-order valence-corrected chi connectivity index (χ3v) is 3.83. The third-order valence-electron chi connectivity index (χ3n) is 3.30. The SMILES string of the molecule is COc1ccc(C=CC(=O)OC(C)C(=O)Nc2ccc(Br)cc2)cc1. The van der Waals surface area contributed by atoms with E-state index in [9.17, 15) is 9.59 Å². The molecule has 2 aromatic rings. The molecule has 0 spiro atoms. The summed E-state index contributed by atoms with van der Waals surface area (Å²) in [6.45, 7) is 1.52. The van der Waals surface area contributed by atoms with Crippen LogP contribution in [0, 0.1) is 0 Å². The lowest BCUT2D eigenvalue weighted by Gasteiger charge is -2.12. The van der Waals surface area contributed by atoms with Gasteiger partial charge in [0.15, 0.2) is 6.10 Å². The largest absolute Gasteiger partial charge is 0.497 e. The fourth-order valence-electron chi connectivity index (χ4n) is 1.92. The van der Waals surface area contributed by atoms with Crippen molar-refractivity contribution in [3.05, 3.63) is 64.6 Å². The molecule has 6 heteroatoms. The number of hydrogen-bond donors (Lipinski definition) is 1. The zero-order chi connectivity index (χ0) is 18.2. The van der Waals surface area contributed by atoms with Crippen LogP contribution in [0.4, 0.5) is 5.69 Å². The highest BCUT2D eigenvalue weighted by Gasteiger charge is 2.16. The van der Waals surface area contributed by atoms with Crippen LogP contribution >= 0.6 is 15.9 Å². The summed E-state index contributed by atoms with van der Waals surface area (Å²) in [6, 6.07) is 14.3. The quantitative estimate of drug-likeness (QED) is 0.583. The Hall–Kier alpha value is -2.60. The van der Waals surface area contributed by atoms with Crippen molar-refractivity contribution < 1.29 is 19.1 Å². The molecule has 0 aliphatic rings. The van der Waals surface area contributed by atoms with Crippen LogP contribution in [-0.2, 0) is 14.3 Å². The second kappa shape index (κ2) is 9.03. The average molecular weight is 404 g/mol. The maximum Gasteiger partial charge on any atom is 0.331 e. The van der Waals surface area contributed by atoms with Crippen molar-refractivity contribution in [3.63, 3.8) is 0 Å². The predicted octanol–water partition coefficient (Wildman–Crippen LogP) is 4.04. The zero-order valence-electron chi connectivity index (χ0n) is 13.9. The smallest absolute Gasteiger partial charge is 0.331 e. The highest BCUT2D eigenvalue weighted by atomic mass is 79.9. The summed E-state index contributed by atoms with van der Waals surface area (Å²) in [5.74, 6) is -0.249. The van der Waals surface area contributed by atoms with Crippen molar-refractivity contribution in [2.24, 2.45) is 0 Å². The van der Waals surface area contributed by atoms with Crippen molar-refractivity contribution in [3.8, 4) is 5.75 Å². The Labute approximate surface area is 154 Å². The normalized spacial score (nSPS) is 11.8. The number of nitrogens with one attached hydrogen (secondary N) is 1. The number of ether oxygens (including phenoxy) is 2. The molecule has 2 rings (SSSR count). The van der Waals surface area contributed by atoms with E-state index >= 15 is 0 Å². The Balaban J connectivity index is 1.86. The molecule has 0 saturated carbocycles. The van der Waals surface area contributed by atoms with Gasteiger partial charge in [-0.15, -0.1) is 0 Å². The average Bonchev–Trinajstić information content (AvgIpc) is 2.62. The number of rotatable bonds is 6. The predicted molar refractivity (Wildman–Crippen MR) is 100 cm³/mol. The first-order chi connectivity index (χ1) is 12.0. The number of anilines is 1. The molecule has 5 nitrogen and oxygen atoms in total. The molecule has 0 radical (unpaired) electrons. The lowest BCUT2D eigenvalue weighted by Crippen LogP contribution is -2.29. The van der Waals surface area contributed by atoms with Gasteiger partial charge in [-0.2, -0.15) is 0 Å². The van der Waals surface area contributed by atoms with E-state index in [0.717, 1.165) is 15.8 Å². The van der Waals surface area contributed by atoms with Gasteiger partial charge < -0.3 is 14.8 Å². The lowest BCUT2D eigenvalue weighted by molar-refractivity contribution is -0.148. The molecule has 0 heterocycles. The Morgan fingerprint density at radius 2 is 1.72 bits per heavy atom. The monoisotopic (exact) mass is 403 g/mol. The van der Waals surface area contributed by atoms with Gasteiger partial charge in [0.2, 0.25) is 0 Å². The van der Waals surface area contributed by atoms with E-state index in [1.54, 1.807) is 37.5 Å². The topological polar surface area (TPSA) is 64.6 Å². The first kappa shape index (κ1) is 18.7. The number of halogens is 1. The molecular weight excluding hydrogens is 386 g/mol. The minimum absolute atomic E-state index is 0.395. The summed E-state index contributed by atoms with van der Waals surface area (Å²) in [5.41, 5.74) is 1.45. The summed E-state index contributed by atoms with van der Waals surface area (Å²) < 4.78 is 11.1. The Kier molecular flexibility index (Phi) is 6.77. The Morgan fingerprint density at radius 3 is 2.32 bits per heavy atom. The maximum atomic E-state index is 12.0. The summed E-state index contributed by atoms with van der Waals surface area (Å²) in [5, 5.41) is 2.69. The molecular formula is C19H18BrNO4. The maximum absolute atomic E-state index is 12.0. The molecule has 2 aromatic carbocycles. The molecule has 1 amide bonds. The van der Waals surface area contributed by atoms with Gasteiger partial charge in [-0.3, -0.25) is 4.79 Å². The van der Waals surface area contributed by atoms with E-state index in [-0.39, 0.29) is 0 Å². The van der Waals surface area contributed by atoms with Gasteiger partial charge >= 0.3 is 5.97 Å². The summed E-state index contributed by atoms with van der Waals surface area (Å²) in [4.78, 5) is 23.9. The van der Waals surface area contributed by atoms with Crippen molar-refractivity contribution in [2.45, 2.75) is 13.0 Å². The summed E-state index contributed by atoms with van der Waals surface area (Å²) >= 11 is 3.32. The highest BCUT2D eigenvalue weighted by Crippen LogP contribution is 2.15. The number of methoxy groups -OCH3 is 1. The highest BCUT2D eigenvalue weighted by molar-refractivity contribution is 9.10. The number of carbonyl (C=O) groups excluding carboxylic acids is 2.